The van der Waals surface area contributed by atoms with E-state index in [-0.39, 0.29) is 43.1 Å². The summed E-state index contributed by atoms with van der Waals surface area (Å²) < 4.78 is 16.3. The van der Waals surface area contributed by atoms with Gasteiger partial charge in [0.05, 0.1) is 32.4 Å². The highest BCUT2D eigenvalue weighted by molar-refractivity contribution is 9.10. The molecule has 10 heteroatoms. The van der Waals surface area contributed by atoms with Crippen LogP contribution in [0.4, 0.5) is 10.1 Å². The first kappa shape index (κ1) is 21.8. The van der Waals surface area contributed by atoms with Crippen LogP contribution < -0.4 is 5.73 Å². The molecule has 0 aliphatic rings. The monoisotopic (exact) mass is 539 g/mol. The Morgan fingerprint density at radius 3 is 2.42 bits per heavy atom. The fraction of sp³-hybridized carbons (Fsp3) is 0. The van der Waals surface area contributed by atoms with Gasteiger partial charge in [0.1, 0.15) is 5.65 Å². The fourth-order valence-corrected chi connectivity index (χ4v) is 4.28. The van der Waals surface area contributed by atoms with Crippen molar-refractivity contribution in [1.29, 1.82) is 0 Å². The van der Waals surface area contributed by atoms with Crippen molar-refractivity contribution in [2.24, 2.45) is 0 Å². The molecule has 31 heavy (non-hydrogen) atoms. The number of benzene rings is 2. The van der Waals surface area contributed by atoms with Crippen LogP contribution in [0.5, 0.6) is 0 Å². The molecule has 4 aromatic rings. The summed E-state index contributed by atoms with van der Waals surface area (Å²) in [4.78, 5) is 30.7. The summed E-state index contributed by atoms with van der Waals surface area (Å²) in [7, 11) is 0. The fourth-order valence-electron chi connectivity index (χ4n) is 3.16. The number of halogens is 5. The zero-order valence-corrected chi connectivity index (χ0v) is 19.2. The lowest BCUT2D eigenvalue weighted by atomic mass is 10.0. The molecular weight excluding hydrogens is 532 g/mol. The minimum atomic E-state index is -0.904. The van der Waals surface area contributed by atoms with Gasteiger partial charge >= 0.3 is 0 Å². The predicted octanol–water partition coefficient (Wildman–Crippen LogP) is 6.40. The van der Waals surface area contributed by atoms with Gasteiger partial charge in [-0.15, -0.1) is 0 Å². The summed E-state index contributed by atoms with van der Waals surface area (Å²) >= 11 is 21.6. The lowest BCUT2D eigenvalue weighted by Crippen LogP contribution is -2.13. The van der Waals surface area contributed by atoms with Crippen molar-refractivity contribution >= 4 is 79.1 Å². The normalized spacial score (nSPS) is 11.1. The Morgan fingerprint density at radius 1 is 1.06 bits per heavy atom. The number of hydrogen-bond donors (Lipinski definition) is 1. The molecule has 0 spiro atoms. The smallest absolute Gasteiger partial charge is 0.266 e. The summed E-state index contributed by atoms with van der Waals surface area (Å²) in [6.45, 7) is 0. The molecule has 5 nitrogen and oxygen atoms in total. The van der Waals surface area contributed by atoms with Gasteiger partial charge < -0.3 is 5.73 Å². The minimum Gasteiger partial charge on any atom is -0.396 e. The molecule has 2 heterocycles. The number of aromatic nitrogens is 2. The molecule has 0 saturated heterocycles. The molecule has 156 valence electrons. The first-order valence-corrected chi connectivity index (χ1v) is 10.6. The van der Waals surface area contributed by atoms with E-state index in [1.54, 1.807) is 12.1 Å². The molecule has 4 rings (SSSR count). The molecule has 0 unspecified atom stereocenters. The number of ketones is 1. The van der Waals surface area contributed by atoms with Crippen molar-refractivity contribution in [3.8, 4) is 0 Å². The van der Waals surface area contributed by atoms with Crippen molar-refractivity contribution in [3.63, 3.8) is 0 Å². The first-order chi connectivity index (χ1) is 14.7. The van der Waals surface area contributed by atoms with Crippen LogP contribution in [0.15, 0.2) is 53.3 Å². The zero-order chi connectivity index (χ0) is 22.4. The molecule has 0 fully saturated rings. The van der Waals surface area contributed by atoms with E-state index < -0.39 is 17.5 Å². The predicted molar refractivity (Wildman–Crippen MR) is 123 cm³/mol. The highest BCUT2D eigenvalue weighted by Crippen LogP contribution is 2.31. The van der Waals surface area contributed by atoms with Crippen LogP contribution in [-0.2, 0) is 0 Å². The van der Waals surface area contributed by atoms with E-state index in [4.69, 9.17) is 40.5 Å². The Balaban J connectivity index is 1.96. The average molecular weight is 542 g/mol. The van der Waals surface area contributed by atoms with Crippen LogP contribution in [0.2, 0.25) is 15.1 Å². The summed E-state index contributed by atoms with van der Waals surface area (Å²) in [5.74, 6) is -2.22. The van der Waals surface area contributed by atoms with Gasteiger partial charge in [0.2, 0.25) is 0 Å². The van der Waals surface area contributed by atoms with Gasteiger partial charge in [0, 0.05) is 27.3 Å². The molecule has 0 aliphatic heterocycles. The number of hydrogen-bond acceptors (Lipinski definition) is 4. The molecule has 0 atom stereocenters. The third-order valence-corrected chi connectivity index (χ3v) is 5.84. The number of nitrogens with zero attached hydrogens (tertiary/aromatic N) is 2. The number of carbonyl (C=O) groups excluding carboxylic acids is 2. The van der Waals surface area contributed by atoms with E-state index in [0.29, 0.717) is 9.86 Å². The van der Waals surface area contributed by atoms with Gasteiger partial charge in [0.15, 0.2) is 11.6 Å². The van der Waals surface area contributed by atoms with Gasteiger partial charge in [-0.3, -0.25) is 14.2 Å². The first-order valence-electron chi connectivity index (χ1n) is 8.63. The maximum Gasteiger partial charge on any atom is 0.266 e. The van der Waals surface area contributed by atoms with E-state index in [1.807, 2.05) is 0 Å². The topological polar surface area (TPSA) is 78.0 Å². The number of anilines is 1. The van der Waals surface area contributed by atoms with Gasteiger partial charge in [-0.05, 0) is 46.3 Å². The molecule has 0 aliphatic carbocycles. The zero-order valence-electron chi connectivity index (χ0n) is 15.3. The number of nitrogens with two attached hydrogens (primary N) is 1. The lowest BCUT2D eigenvalue weighted by Gasteiger charge is -2.07. The van der Waals surface area contributed by atoms with Crippen LogP contribution in [0.25, 0.3) is 11.0 Å². The molecule has 2 aromatic carbocycles. The second-order valence-corrected chi connectivity index (χ2v) is 8.69. The molecule has 0 amide bonds. The summed E-state index contributed by atoms with van der Waals surface area (Å²) in [5, 5.41) is 0.689. The van der Waals surface area contributed by atoms with Gasteiger partial charge in [-0.2, -0.15) is 0 Å². The largest absolute Gasteiger partial charge is 0.396 e. The summed E-state index contributed by atoms with van der Waals surface area (Å²) in [6, 6.07) is 8.62. The third-order valence-electron chi connectivity index (χ3n) is 4.56. The quantitative estimate of drug-likeness (QED) is 0.241. The van der Waals surface area contributed by atoms with E-state index >= 15 is 0 Å². The summed E-state index contributed by atoms with van der Waals surface area (Å²) in [5.41, 5.74) is 5.27. The van der Waals surface area contributed by atoms with Gasteiger partial charge in [-0.1, -0.05) is 40.9 Å². The molecule has 0 saturated carbocycles. The second kappa shape index (κ2) is 8.24. The lowest BCUT2D eigenvalue weighted by molar-refractivity contribution is 0.0964. The van der Waals surface area contributed by atoms with Crippen molar-refractivity contribution in [3.05, 3.63) is 90.8 Å². The molecule has 2 N–H and O–H groups in total. The Morgan fingerprint density at radius 2 is 1.74 bits per heavy atom. The van der Waals surface area contributed by atoms with Crippen LogP contribution in [-0.4, -0.2) is 21.2 Å². The van der Waals surface area contributed by atoms with Crippen molar-refractivity contribution in [2.75, 3.05) is 5.73 Å². The van der Waals surface area contributed by atoms with Gasteiger partial charge in [0.25, 0.3) is 5.91 Å². The molecule has 0 bridgehead atoms. The van der Waals surface area contributed by atoms with Crippen molar-refractivity contribution < 1.29 is 14.0 Å². The highest BCUT2D eigenvalue weighted by Gasteiger charge is 2.26. The Kier molecular flexibility index (Phi) is 5.79. The third kappa shape index (κ3) is 3.83. The molecule has 2 aromatic heterocycles. The molecular formula is C21H10BrCl3FN3O2. The SMILES string of the molecule is Nc1cc(Cl)cc(C(=O)c2cn(C(=O)c3c(Cl)cccc3Cl)c3ncc(Br)cc23)c1F. The highest BCUT2D eigenvalue weighted by atomic mass is 79.9. The Bertz CT molecular complexity index is 1380. The number of pyridine rings is 1. The minimum absolute atomic E-state index is 0.0286. The van der Waals surface area contributed by atoms with Crippen LogP contribution in [0.3, 0.4) is 0 Å². The van der Waals surface area contributed by atoms with Crippen LogP contribution in [0.1, 0.15) is 26.3 Å². The second-order valence-electron chi connectivity index (χ2n) is 6.52. The number of rotatable bonds is 3. The van der Waals surface area contributed by atoms with E-state index in [9.17, 15) is 14.0 Å². The summed E-state index contributed by atoms with van der Waals surface area (Å²) in [6.07, 6.45) is 2.73. The van der Waals surface area contributed by atoms with E-state index in [1.165, 1.54) is 36.7 Å². The Hall–Kier alpha value is -2.45. The van der Waals surface area contributed by atoms with Crippen molar-refractivity contribution in [1.82, 2.24) is 9.55 Å². The van der Waals surface area contributed by atoms with Crippen molar-refractivity contribution in [2.45, 2.75) is 0 Å². The standard InChI is InChI=1S/C21H10BrCl3FN3O2/c22-9-4-11-13(19(30)12-5-10(23)6-16(27)18(12)26)8-29(20(11)28-7-9)21(31)17-14(24)2-1-3-15(17)25/h1-8H,27H2. The van der Waals surface area contributed by atoms with Gasteiger partial charge in [-0.25, -0.2) is 9.37 Å². The molecule has 0 radical (unpaired) electrons. The number of nitrogen functional groups attached to an aromatic ring is 1. The Labute approximate surface area is 198 Å². The maximum atomic E-state index is 14.6. The maximum absolute atomic E-state index is 14.6. The number of carbonyl (C=O) groups is 2. The van der Waals surface area contributed by atoms with E-state index in [2.05, 4.69) is 20.9 Å². The van der Waals surface area contributed by atoms with Crippen LogP contribution in [0, 0.1) is 5.82 Å². The average Bonchev–Trinajstić information content (AvgIpc) is 3.08. The van der Waals surface area contributed by atoms with Crippen LogP contribution >= 0.6 is 50.7 Å². The van der Waals surface area contributed by atoms with E-state index in [0.717, 1.165) is 4.57 Å². The number of fused-ring (bicyclic) bond motifs is 1.